The number of likely N-dealkylation sites (N-methyl/N-ethyl adjacent to an activating group) is 1. The Bertz CT molecular complexity index is 328. The molecule has 1 aromatic carbocycles. The smallest absolute Gasteiger partial charge is 0.310 e. The van der Waals surface area contributed by atoms with Crippen LogP contribution in [0.5, 0.6) is 5.75 Å². The second kappa shape index (κ2) is 5.98. The molecule has 0 spiro atoms. The lowest BCUT2D eigenvalue weighted by atomic mass is 10.3. The largest absolute Gasteiger partial charge is 0.485 e. The van der Waals surface area contributed by atoms with Gasteiger partial charge in [-0.3, -0.25) is 10.1 Å². The number of hydrogen-bond donors (Lipinski definition) is 1. The molecule has 0 amide bonds. The maximum Gasteiger partial charge on any atom is 0.310 e. The highest BCUT2D eigenvalue weighted by Crippen LogP contribution is 2.25. The zero-order valence-electron chi connectivity index (χ0n) is 8.60. The van der Waals surface area contributed by atoms with Gasteiger partial charge in [0, 0.05) is 12.6 Å². The Morgan fingerprint density at radius 2 is 2.20 bits per heavy atom. The van der Waals surface area contributed by atoms with E-state index in [1.807, 2.05) is 6.92 Å². The maximum atomic E-state index is 10.6. The number of ether oxygens (including phenoxy) is 1. The minimum atomic E-state index is -0.442. The van der Waals surface area contributed by atoms with Crippen LogP contribution < -0.4 is 10.1 Å². The summed E-state index contributed by atoms with van der Waals surface area (Å²) in [7, 11) is 0. The van der Waals surface area contributed by atoms with Crippen LogP contribution in [0, 0.1) is 10.1 Å². The number of rotatable bonds is 6. The molecule has 1 aromatic rings. The molecule has 0 aromatic heterocycles. The van der Waals surface area contributed by atoms with Crippen molar-refractivity contribution in [3.8, 4) is 5.75 Å². The summed E-state index contributed by atoms with van der Waals surface area (Å²) in [5.41, 5.74) is 0.00833. The van der Waals surface area contributed by atoms with E-state index < -0.39 is 4.92 Å². The van der Waals surface area contributed by atoms with Crippen molar-refractivity contribution in [2.75, 3.05) is 19.7 Å². The summed E-state index contributed by atoms with van der Waals surface area (Å²) in [6, 6.07) is 6.37. The molecule has 0 radical (unpaired) electrons. The van der Waals surface area contributed by atoms with Crippen molar-refractivity contribution >= 4 is 5.69 Å². The first-order valence-corrected chi connectivity index (χ1v) is 4.82. The molecular formula is C10H14N2O3. The molecule has 0 atom stereocenters. The molecule has 0 unspecified atom stereocenters. The summed E-state index contributed by atoms with van der Waals surface area (Å²) in [6.07, 6.45) is 0. The highest BCUT2D eigenvalue weighted by atomic mass is 16.6. The molecule has 1 rings (SSSR count). The summed E-state index contributed by atoms with van der Waals surface area (Å²) in [5.74, 6) is 0.320. The van der Waals surface area contributed by atoms with Crippen LogP contribution in [0.2, 0.25) is 0 Å². The third-order valence-electron chi connectivity index (χ3n) is 1.85. The van der Waals surface area contributed by atoms with Crippen LogP contribution >= 0.6 is 0 Å². The average molecular weight is 210 g/mol. The summed E-state index contributed by atoms with van der Waals surface area (Å²) in [4.78, 5) is 10.2. The summed E-state index contributed by atoms with van der Waals surface area (Å²) in [5, 5.41) is 13.7. The predicted molar refractivity (Wildman–Crippen MR) is 57.1 cm³/mol. The second-order valence-electron chi connectivity index (χ2n) is 2.93. The van der Waals surface area contributed by atoms with Gasteiger partial charge in [-0.2, -0.15) is 0 Å². The van der Waals surface area contributed by atoms with Crippen LogP contribution in [-0.2, 0) is 0 Å². The molecular weight excluding hydrogens is 196 g/mol. The number of para-hydroxylation sites is 2. The van der Waals surface area contributed by atoms with Crippen molar-refractivity contribution in [3.63, 3.8) is 0 Å². The number of benzene rings is 1. The molecule has 0 aliphatic rings. The monoisotopic (exact) mass is 210 g/mol. The third kappa shape index (κ3) is 3.55. The van der Waals surface area contributed by atoms with Gasteiger partial charge >= 0.3 is 5.69 Å². The van der Waals surface area contributed by atoms with E-state index in [-0.39, 0.29) is 5.69 Å². The Hall–Kier alpha value is -1.62. The fraction of sp³-hybridized carbons (Fsp3) is 0.400. The Morgan fingerprint density at radius 3 is 2.87 bits per heavy atom. The van der Waals surface area contributed by atoms with E-state index in [0.717, 1.165) is 6.54 Å². The first-order chi connectivity index (χ1) is 7.25. The number of hydrogen-bond acceptors (Lipinski definition) is 4. The van der Waals surface area contributed by atoms with E-state index in [0.29, 0.717) is 18.9 Å². The minimum Gasteiger partial charge on any atom is -0.485 e. The average Bonchev–Trinajstić information content (AvgIpc) is 2.25. The molecule has 82 valence electrons. The molecule has 0 saturated carbocycles. The molecule has 0 aliphatic heterocycles. The molecule has 0 aliphatic carbocycles. The van der Waals surface area contributed by atoms with Crippen molar-refractivity contribution in [1.82, 2.24) is 5.32 Å². The standard InChI is InChI=1S/C10H14N2O3/c1-2-11-7-8-15-10-6-4-3-5-9(10)12(13)14/h3-6,11H,2,7-8H2,1H3. The Kier molecular flexibility index (Phi) is 4.56. The third-order valence-corrected chi connectivity index (χ3v) is 1.85. The van der Waals surface area contributed by atoms with Crippen molar-refractivity contribution in [2.24, 2.45) is 0 Å². The minimum absolute atomic E-state index is 0.00833. The number of nitrogens with one attached hydrogen (secondary N) is 1. The summed E-state index contributed by atoms with van der Waals surface area (Å²) in [6.45, 7) is 3.96. The van der Waals surface area contributed by atoms with Crippen molar-refractivity contribution in [1.29, 1.82) is 0 Å². The second-order valence-corrected chi connectivity index (χ2v) is 2.93. The first kappa shape index (κ1) is 11.5. The Balaban J connectivity index is 2.56. The van der Waals surface area contributed by atoms with Crippen LogP contribution in [0.4, 0.5) is 5.69 Å². The topological polar surface area (TPSA) is 64.4 Å². The predicted octanol–water partition coefficient (Wildman–Crippen LogP) is 1.58. The summed E-state index contributed by atoms with van der Waals surface area (Å²) >= 11 is 0. The van der Waals surface area contributed by atoms with Gasteiger partial charge in [-0.25, -0.2) is 0 Å². The van der Waals surface area contributed by atoms with Gasteiger partial charge in [0.05, 0.1) is 4.92 Å². The maximum absolute atomic E-state index is 10.6. The van der Waals surface area contributed by atoms with Gasteiger partial charge in [-0.15, -0.1) is 0 Å². The Labute approximate surface area is 88.2 Å². The first-order valence-electron chi connectivity index (χ1n) is 4.82. The van der Waals surface area contributed by atoms with Gasteiger partial charge in [-0.1, -0.05) is 19.1 Å². The van der Waals surface area contributed by atoms with Crippen LogP contribution in [-0.4, -0.2) is 24.6 Å². The number of nitrogens with zero attached hydrogens (tertiary/aromatic N) is 1. The molecule has 0 heterocycles. The van der Waals surface area contributed by atoms with Gasteiger partial charge in [0.2, 0.25) is 0 Å². The van der Waals surface area contributed by atoms with E-state index in [1.54, 1.807) is 18.2 Å². The van der Waals surface area contributed by atoms with Crippen molar-refractivity contribution in [3.05, 3.63) is 34.4 Å². The quantitative estimate of drug-likeness (QED) is 0.440. The lowest BCUT2D eigenvalue weighted by Crippen LogP contribution is -2.20. The van der Waals surface area contributed by atoms with Gasteiger partial charge in [0.25, 0.3) is 0 Å². The SMILES string of the molecule is CCNCCOc1ccccc1[N+](=O)[O-]. The fourth-order valence-corrected chi connectivity index (χ4v) is 1.14. The van der Waals surface area contributed by atoms with Crippen molar-refractivity contribution in [2.45, 2.75) is 6.92 Å². The highest BCUT2D eigenvalue weighted by Gasteiger charge is 2.12. The molecule has 0 saturated heterocycles. The normalized spacial score (nSPS) is 9.93. The van der Waals surface area contributed by atoms with Gasteiger partial charge in [-0.05, 0) is 12.6 Å². The van der Waals surface area contributed by atoms with E-state index in [9.17, 15) is 10.1 Å². The molecule has 5 heteroatoms. The summed E-state index contributed by atoms with van der Waals surface area (Å²) < 4.78 is 5.30. The lowest BCUT2D eigenvalue weighted by molar-refractivity contribution is -0.385. The van der Waals surface area contributed by atoms with E-state index in [2.05, 4.69) is 5.32 Å². The van der Waals surface area contributed by atoms with E-state index in [1.165, 1.54) is 6.07 Å². The zero-order valence-corrected chi connectivity index (χ0v) is 8.60. The van der Waals surface area contributed by atoms with E-state index >= 15 is 0 Å². The molecule has 5 nitrogen and oxygen atoms in total. The molecule has 0 bridgehead atoms. The molecule has 0 fully saturated rings. The van der Waals surface area contributed by atoms with Crippen LogP contribution in [0.1, 0.15) is 6.92 Å². The lowest BCUT2D eigenvalue weighted by Gasteiger charge is -2.06. The highest BCUT2D eigenvalue weighted by molar-refractivity contribution is 5.45. The van der Waals surface area contributed by atoms with Gasteiger partial charge < -0.3 is 10.1 Å². The van der Waals surface area contributed by atoms with E-state index in [4.69, 9.17) is 4.74 Å². The van der Waals surface area contributed by atoms with Gasteiger partial charge in [0.15, 0.2) is 5.75 Å². The fourth-order valence-electron chi connectivity index (χ4n) is 1.14. The van der Waals surface area contributed by atoms with Gasteiger partial charge in [0.1, 0.15) is 6.61 Å². The zero-order chi connectivity index (χ0) is 11.1. The molecule has 1 N–H and O–H groups in total. The van der Waals surface area contributed by atoms with Crippen LogP contribution in [0.25, 0.3) is 0 Å². The van der Waals surface area contributed by atoms with Crippen LogP contribution in [0.3, 0.4) is 0 Å². The Morgan fingerprint density at radius 1 is 1.47 bits per heavy atom. The molecule has 15 heavy (non-hydrogen) atoms. The van der Waals surface area contributed by atoms with Crippen LogP contribution in [0.15, 0.2) is 24.3 Å². The number of nitro groups is 1. The van der Waals surface area contributed by atoms with Crippen molar-refractivity contribution < 1.29 is 9.66 Å². The number of nitro benzene ring substituents is 1.